The number of nitrogens with one attached hydrogen (secondary N) is 1. The number of carbonyl (C=O) groups is 1. The Labute approximate surface area is 114 Å². The lowest BCUT2D eigenvalue weighted by Gasteiger charge is -2.13. The van der Waals surface area contributed by atoms with Crippen molar-refractivity contribution < 1.29 is 9.53 Å². The zero-order valence-electron chi connectivity index (χ0n) is 11.6. The highest BCUT2D eigenvalue weighted by Crippen LogP contribution is 2.20. The lowest BCUT2D eigenvalue weighted by molar-refractivity contribution is -0.134. The van der Waals surface area contributed by atoms with Crippen LogP contribution in [0.3, 0.4) is 0 Å². The van der Waals surface area contributed by atoms with Crippen LogP contribution >= 0.6 is 0 Å². The fraction of sp³-hybridized carbons (Fsp3) is 0.357. The molecule has 1 aromatic rings. The third kappa shape index (κ3) is 5.44. The van der Waals surface area contributed by atoms with Gasteiger partial charge in [0.25, 0.3) is 0 Å². The van der Waals surface area contributed by atoms with E-state index in [1.807, 2.05) is 32.3 Å². The summed E-state index contributed by atoms with van der Waals surface area (Å²) in [5.74, 6) is -0.383. The first-order valence-corrected chi connectivity index (χ1v) is 6.07. The summed E-state index contributed by atoms with van der Waals surface area (Å²) in [5.41, 5.74) is 8.37. The van der Waals surface area contributed by atoms with E-state index in [1.54, 1.807) is 6.08 Å². The van der Waals surface area contributed by atoms with E-state index >= 15 is 0 Å². The van der Waals surface area contributed by atoms with Gasteiger partial charge in [0.2, 0.25) is 0 Å². The Morgan fingerprint density at radius 1 is 1.47 bits per heavy atom. The van der Waals surface area contributed by atoms with Gasteiger partial charge in [-0.15, -0.1) is 0 Å². The number of likely N-dealkylation sites (N-methyl/N-ethyl adjacent to an activating group) is 1. The number of hydrogen-bond donors (Lipinski definition) is 2. The van der Waals surface area contributed by atoms with Crippen molar-refractivity contribution in [2.45, 2.75) is 0 Å². The number of nitrogens with two attached hydrogens (primary N) is 1. The fourth-order valence-corrected chi connectivity index (χ4v) is 1.49. The topological polar surface area (TPSA) is 67.6 Å². The number of anilines is 2. The van der Waals surface area contributed by atoms with Crippen molar-refractivity contribution in [1.82, 2.24) is 4.90 Å². The number of benzene rings is 1. The number of nitrogens with zero attached hydrogens (tertiary/aromatic N) is 1. The Bertz CT molecular complexity index is 456. The van der Waals surface area contributed by atoms with E-state index < -0.39 is 0 Å². The lowest BCUT2D eigenvalue weighted by Crippen LogP contribution is -2.21. The molecule has 0 aliphatic rings. The van der Waals surface area contributed by atoms with Gasteiger partial charge in [-0.25, -0.2) is 4.79 Å². The van der Waals surface area contributed by atoms with Gasteiger partial charge in [-0.05, 0) is 37.9 Å². The van der Waals surface area contributed by atoms with E-state index in [4.69, 9.17) is 5.73 Å². The third-order valence-electron chi connectivity index (χ3n) is 2.56. The normalized spacial score (nSPS) is 10.9. The molecule has 19 heavy (non-hydrogen) atoms. The summed E-state index contributed by atoms with van der Waals surface area (Å²) in [5, 5.41) is 3.27. The zero-order valence-corrected chi connectivity index (χ0v) is 11.6. The minimum atomic E-state index is -0.383. The van der Waals surface area contributed by atoms with Gasteiger partial charge >= 0.3 is 5.97 Å². The van der Waals surface area contributed by atoms with Gasteiger partial charge in [-0.3, -0.25) is 0 Å². The van der Waals surface area contributed by atoms with Crippen LogP contribution in [0.2, 0.25) is 0 Å². The van der Waals surface area contributed by atoms with E-state index in [0.717, 1.165) is 24.3 Å². The van der Waals surface area contributed by atoms with Crippen molar-refractivity contribution in [2.75, 3.05) is 45.3 Å². The van der Waals surface area contributed by atoms with Crippen molar-refractivity contribution in [3.63, 3.8) is 0 Å². The van der Waals surface area contributed by atoms with E-state index in [1.165, 1.54) is 13.2 Å². The number of rotatable bonds is 6. The van der Waals surface area contributed by atoms with Crippen LogP contribution in [-0.4, -0.2) is 45.2 Å². The van der Waals surface area contributed by atoms with Gasteiger partial charge in [0, 0.05) is 19.2 Å². The van der Waals surface area contributed by atoms with Crippen LogP contribution in [-0.2, 0) is 9.53 Å². The van der Waals surface area contributed by atoms with Crippen LogP contribution in [0.25, 0.3) is 6.08 Å². The molecule has 0 amide bonds. The second-order valence-corrected chi connectivity index (χ2v) is 4.43. The van der Waals surface area contributed by atoms with E-state index in [0.29, 0.717) is 5.69 Å². The molecule has 0 saturated heterocycles. The molecule has 1 aromatic carbocycles. The van der Waals surface area contributed by atoms with Crippen LogP contribution in [0.1, 0.15) is 5.56 Å². The Morgan fingerprint density at radius 3 is 2.79 bits per heavy atom. The van der Waals surface area contributed by atoms with E-state index in [-0.39, 0.29) is 5.97 Å². The molecule has 0 fully saturated rings. The molecule has 104 valence electrons. The van der Waals surface area contributed by atoms with Crippen molar-refractivity contribution in [3.05, 3.63) is 29.8 Å². The summed E-state index contributed by atoms with van der Waals surface area (Å²) >= 11 is 0. The predicted molar refractivity (Wildman–Crippen MR) is 78.9 cm³/mol. The first-order chi connectivity index (χ1) is 9.02. The van der Waals surface area contributed by atoms with Crippen LogP contribution in [0.4, 0.5) is 11.4 Å². The smallest absolute Gasteiger partial charge is 0.330 e. The molecule has 0 aromatic heterocycles. The van der Waals surface area contributed by atoms with E-state index in [9.17, 15) is 4.79 Å². The molecule has 0 aliphatic heterocycles. The molecular weight excluding hydrogens is 242 g/mol. The largest absolute Gasteiger partial charge is 0.466 e. The molecule has 0 atom stereocenters. The van der Waals surface area contributed by atoms with Crippen molar-refractivity contribution in [3.8, 4) is 0 Å². The Hall–Kier alpha value is -2.01. The summed E-state index contributed by atoms with van der Waals surface area (Å²) in [7, 11) is 5.39. The van der Waals surface area contributed by atoms with Gasteiger partial charge in [0.05, 0.1) is 18.5 Å². The average molecular weight is 263 g/mol. The molecule has 5 heteroatoms. The summed E-state index contributed by atoms with van der Waals surface area (Å²) in [6, 6.07) is 5.62. The number of ether oxygens (including phenoxy) is 1. The third-order valence-corrected chi connectivity index (χ3v) is 2.56. The highest BCUT2D eigenvalue weighted by atomic mass is 16.5. The van der Waals surface area contributed by atoms with Crippen LogP contribution < -0.4 is 11.1 Å². The number of methoxy groups -OCH3 is 1. The van der Waals surface area contributed by atoms with Gasteiger partial charge in [0.15, 0.2) is 0 Å². The Kier molecular flexibility index (Phi) is 5.89. The second kappa shape index (κ2) is 7.43. The first kappa shape index (κ1) is 15.0. The maximum absolute atomic E-state index is 11.0. The summed E-state index contributed by atoms with van der Waals surface area (Å²) in [6.07, 6.45) is 3.04. The zero-order chi connectivity index (χ0) is 14.3. The van der Waals surface area contributed by atoms with Gasteiger partial charge in [-0.2, -0.15) is 0 Å². The lowest BCUT2D eigenvalue weighted by atomic mass is 10.1. The molecule has 5 nitrogen and oxygen atoms in total. The Balaban J connectivity index is 2.64. The molecule has 0 spiro atoms. The molecule has 0 heterocycles. The predicted octanol–water partition coefficient (Wildman–Crippen LogP) is 1.43. The minimum absolute atomic E-state index is 0.383. The second-order valence-electron chi connectivity index (χ2n) is 4.43. The van der Waals surface area contributed by atoms with Crippen LogP contribution in [0, 0.1) is 0 Å². The molecule has 0 saturated carbocycles. The van der Waals surface area contributed by atoms with Gasteiger partial charge in [-0.1, -0.05) is 6.07 Å². The number of carbonyl (C=O) groups excluding carboxylic acids is 1. The molecular formula is C14H21N3O2. The summed E-state index contributed by atoms with van der Waals surface area (Å²) in [4.78, 5) is 13.1. The highest BCUT2D eigenvalue weighted by Gasteiger charge is 2.00. The summed E-state index contributed by atoms with van der Waals surface area (Å²) in [6.45, 7) is 1.76. The maximum Gasteiger partial charge on any atom is 0.330 e. The molecule has 3 N–H and O–H groups in total. The minimum Gasteiger partial charge on any atom is -0.466 e. The molecule has 0 aliphatic carbocycles. The van der Waals surface area contributed by atoms with Crippen LogP contribution in [0.5, 0.6) is 0 Å². The SMILES string of the molecule is COC(=O)/C=C/c1ccc(NCCN(C)C)c(N)c1. The van der Waals surface area contributed by atoms with Crippen molar-refractivity contribution in [1.29, 1.82) is 0 Å². The van der Waals surface area contributed by atoms with Crippen molar-refractivity contribution in [2.24, 2.45) is 0 Å². The number of esters is 1. The number of hydrogen-bond acceptors (Lipinski definition) is 5. The quantitative estimate of drug-likeness (QED) is 0.461. The molecule has 0 unspecified atom stereocenters. The maximum atomic E-state index is 11.0. The Morgan fingerprint density at radius 2 is 2.21 bits per heavy atom. The monoisotopic (exact) mass is 263 g/mol. The van der Waals surface area contributed by atoms with Gasteiger partial charge < -0.3 is 20.7 Å². The van der Waals surface area contributed by atoms with Crippen molar-refractivity contribution >= 4 is 23.4 Å². The highest BCUT2D eigenvalue weighted by molar-refractivity contribution is 5.87. The van der Waals surface area contributed by atoms with Crippen LogP contribution in [0.15, 0.2) is 24.3 Å². The first-order valence-electron chi connectivity index (χ1n) is 6.07. The summed E-state index contributed by atoms with van der Waals surface area (Å²) < 4.78 is 4.53. The van der Waals surface area contributed by atoms with E-state index in [2.05, 4.69) is 15.0 Å². The fourth-order valence-electron chi connectivity index (χ4n) is 1.49. The molecule has 0 radical (unpaired) electrons. The molecule has 1 rings (SSSR count). The van der Waals surface area contributed by atoms with Gasteiger partial charge in [0.1, 0.15) is 0 Å². The average Bonchev–Trinajstić information content (AvgIpc) is 2.37. The standard InChI is InChI=1S/C14H21N3O2/c1-17(2)9-8-16-13-6-4-11(10-12(13)15)5-7-14(18)19-3/h4-7,10,16H,8-9,15H2,1-3H3/b7-5+. The number of nitrogen functional groups attached to an aromatic ring is 1. The molecule has 0 bridgehead atoms.